The maximum Gasteiger partial charge on any atom is 0.167 e. The first-order valence-corrected chi connectivity index (χ1v) is 25.4. The average molecular weight is 1060 g/mol. The molecule has 5 aromatic carbocycles. The maximum atomic E-state index is 11.2. The second kappa shape index (κ2) is 31.5. The molecular formula is C54H61N15O9. The minimum atomic E-state index is -1.32. The van der Waals surface area contributed by atoms with Crippen molar-refractivity contribution in [3.8, 4) is 0 Å². The largest absolute Gasteiger partial charge is 0.390 e. The minimum absolute atomic E-state index is 0.0327. The molecule has 3 aliphatic rings. The lowest BCUT2D eigenvalue weighted by Gasteiger charge is -2.46. The fourth-order valence-corrected chi connectivity index (χ4v) is 9.44. The van der Waals surface area contributed by atoms with Gasteiger partial charge in [-0.05, 0) is 75.2 Å². The zero-order valence-electron chi connectivity index (χ0n) is 42.8. The molecule has 1 aliphatic carbocycles. The van der Waals surface area contributed by atoms with Crippen LogP contribution in [0.15, 0.2) is 177 Å². The quantitative estimate of drug-likeness (QED) is 0.0348. The Hall–Kier alpha value is -7.71. The molecule has 2 saturated heterocycles. The van der Waals surface area contributed by atoms with Gasteiger partial charge in [0.25, 0.3) is 0 Å². The molecule has 78 heavy (non-hydrogen) atoms. The zero-order valence-corrected chi connectivity index (χ0v) is 42.8. The van der Waals surface area contributed by atoms with Crippen LogP contribution in [-0.2, 0) is 70.9 Å². The number of hydrogen-bond donors (Lipinski definition) is 1. The topological polar surface area (TPSA) is 338 Å². The normalized spacial score (nSPS) is 27.3. The Morgan fingerprint density at radius 3 is 1.42 bits per heavy atom. The van der Waals surface area contributed by atoms with Crippen LogP contribution in [0.5, 0.6) is 0 Å². The zero-order chi connectivity index (χ0) is 54.7. The van der Waals surface area contributed by atoms with E-state index in [2.05, 4.69) is 50.1 Å². The molecule has 0 bridgehead atoms. The lowest BCUT2D eigenvalue weighted by Crippen LogP contribution is -2.60. The molecule has 0 unspecified atom stereocenters. The van der Waals surface area contributed by atoms with E-state index in [1.807, 2.05) is 159 Å². The van der Waals surface area contributed by atoms with Gasteiger partial charge in [-0.3, -0.25) is 0 Å². The third-order valence-electron chi connectivity index (χ3n) is 13.3. The molecule has 5 aromatic rings. The number of azide groups is 5. The number of aliphatic hydroxyl groups is 1. The Labute approximate surface area is 450 Å². The van der Waals surface area contributed by atoms with Crippen LogP contribution >= 0.6 is 0 Å². The molecule has 24 nitrogen and oxygen atoms in total. The molecule has 8 rings (SSSR count). The SMILES string of the molecule is C[C@H]1O[C@H](COCc2ccccc2)[C@@H](N=[N+]=[N-])[C@H](OCc2ccccc2)[C@H]1OCc1ccccc1.[N-]=[N+]=NC[C@H]1O[C@H](O[C@H]2[C@H](OCc3ccccc3)[C@@H](O)[C@H](N=[N+]=[N-])C[C@@H]2N=[N+]=[N-])[C@H](N=[N+]=[N-])C[C@@H]1OCc1ccccc1. The van der Waals surface area contributed by atoms with E-state index < -0.39 is 79.3 Å². The second-order valence-corrected chi connectivity index (χ2v) is 18.5. The van der Waals surface area contributed by atoms with Crippen LogP contribution in [-0.4, -0.2) is 104 Å². The summed E-state index contributed by atoms with van der Waals surface area (Å²) in [6.07, 6.45) is -7.68. The Balaban J connectivity index is 0.000000231. The predicted molar refractivity (Wildman–Crippen MR) is 285 cm³/mol. The fraction of sp³-hybridized carbons (Fsp3) is 0.444. The van der Waals surface area contributed by atoms with E-state index in [9.17, 15) is 21.7 Å². The van der Waals surface area contributed by atoms with E-state index in [-0.39, 0.29) is 45.3 Å². The second-order valence-electron chi connectivity index (χ2n) is 18.5. The highest BCUT2D eigenvalue weighted by atomic mass is 16.7. The molecular weight excluding hydrogens is 1000 g/mol. The lowest BCUT2D eigenvalue weighted by molar-refractivity contribution is -0.278. The number of ether oxygens (including phenoxy) is 8. The molecule has 2 heterocycles. The summed E-state index contributed by atoms with van der Waals surface area (Å²) in [6.45, 7) is 3.67. The van der Waals surface area contributed by atoms with E-state index in [0.717, 1.165) is 27.8 Å². The smallest absolute Gasteiger partial charge is 0.167 e. The van der Waals surface area contributed by atoms with Gasteiger partial charge >= 0.3 is 0 Å². The van der Waals surface area contributed by atoms with E-state index in [1.54, 1.807) is 0 Å². The molecule has 0 radical (unpaired) electrons. The van der Waals surface area contributed by atoms with Crippen LogP contribution in [0.3, 0.4) is 0 Å². The molecule has 3 fully saturated rings. The molecule has 1 N–H and O–H groups in total. The summed E-state index contributed by atoms with van der Waals surface area (Å²) in [4.78, 5) is 14.6. The molecule has 14 atom stereocenters. The highest BCUT2D eigenvalue weighted by molar-refractivity contribution is 5.17. The molecule has 0 amide bonds. The summed E-state index contributed by atoms with van der Waals surface area (Å²) < 4.78 is 49.6. The van der Waals surface area contributed by atoms with Crippen molar-refractivity contribution in [1.82, 2.24) is 0 Å². The molecule has 0 aromatic heterocycles. The van der Waals surface area contributed by atoms with Crippen molar-refractivity contribution in [1.29, 1.82) is 0 Å². The van der Waals surface area contributed by atoms with Gasteiger partial charge in [0, 0.05) is 24.6 Å². The molecule has 406 valence electrons. The van der Waals surface area contributed by atoms with Crippen LogP contribution in [0.1, 0.15) is 47.6 Å². The van der Waals surface area contributed by atoms with Crippen molar-refractivity contribution >= 4 is 0 Å². The van der Waals surface area contributed by atoms with Gasteiger partial charge in [-0.1, -0.05) is 177 Å². The predicted octanol–water partition coefficient (Wildman–Crippen LogP) is 11.6. The Kier molecular flexibility index (Phi) is 23.4. The highest BCUT2D eigenvalue weighted by Crippen LogP contribution is 2.36. The standard InChI is InChI=1S/C28H31N3O4.C26H30N12O5/c1-21-27(33-18-23-13-7-3-8-14-23)28(34-19-24-15-9-4-10-16-24)26(30-31-29)25(35-21)20-32-17-22-11-5-2-6-12-22;27-35-31-13-22-21(40-14-16-7-3-1-4-8-16)12-20(34-38-30)26(42-22)43-24-19(33-37-29)11-18(32-36-28)23(39)25(24)41-15-17-9-5-2-6-10-17/h2-16,21,25-28H,17-20H2,1H3;1-10,18-26,39H,11-15H2/t21-,25-,26-,27+,28+;18-,19+,20-,21+,22-,23+,24-,25-,26-/m11/s1. The first-order valence-electron chi connectivity index (χ1n) is 25.4. The average Bonchev–Trinajstić information content (AvgIpc) is 3.54. The number of hydrogen-bond acceptors (Lipinski definition) is 14. The highest BCUT2D eigenvalue weighted by Gasteiger charge is 2.49. The first-order chi connectivity index (χ1) is 38.3. The van der Waals surface area contributed by atoms with Crippen molar-refractivity contribution in [2.75, 3.05) is 13.2 Å². The summed E-state index contributed by atoms with van der Waals surface area (Å²) in [5, 5.41) is 30.3. The Bertz CT molecular complexity index is 2830. The summed E-state index contributed by atoms with van der Waals surface area (Å²) in [5.41, 5.74) is 50.9. The fourth-order valence-electron chi connectivity index (χ4n) is 9.44. The van der Waals surface area contributed by atoms with Crippen molar-refractivity contribution in [2.24, 2.45) is 25.6 Å². The summed E-state index contributed by atoms with van der Waals surface area (Å²) in [7, 11) is 0. The van der Waals surface area contributed by atoms with Crippen LogP contribution < -0.4 is 0 Å². The summed E-state index contributed by atoms with van der Waals surface area (Å²) >= 11 is 0. The lowest BCUT2D eigenvalue weighted by atomic mass is 9.84. The maximum absolute atomic E-state index is 11.2. The summed E-state index contributed by atoms with van der Waals surface area (Å²) in [5.74, 6) is 0. The van der Waals surface area contributed by atoms with Crippen molar-refractivity contribution in [3.63, 3.8) is 0 Å². The molecule has 24 heteroatoms. The van der Waals surface area contributed by atoms with Gasteiger partial charge in [0.15, 0.2) is 6.29 Å². The summed E-state index contributed by atoms with van der Waals surface area (Å²) in [6, 6.07) is 45.0. The van der Waals surface area contributed by atoms with Gasteiger partial charge in [-0.15, -0.1) is 0 Å². The Morgan fingerprint density at radius 2 is 0.923 bits per heavy atom. The first kappa shape index (κ1) is 58.0. The van der Waals surface area contributed by atoms with Gasteiger partial charge in [0.1, 0.15) is 12.2 Å². The monoisotopic (exact) mass is 1060 g/mol. The van der Waals surface area contributed by atoms with Gasteiger partial charge in [-0.2, -0.15) is 0 Å². The molecule has 0 spiro atoms. The molecule has 1 saturated carbocycles. The third kappa shape index (κ3) is 17.1. The van der Waals surface area contributed by atoms with E-state index in [4.69, 9.17) is 49.0 Å². The van der Waals surface area contributed by atoms with Gasteiger partial charge in [-0.25, -0.2) is 0 Å². The van der Waals surface area contributed by atoms with Crippen LogP contribution in [0, 0.1) is 0 Å². The Morgan fingerprint density at radius 1 is 0.474 bits per heavy atom. The van der Waals surface area contributed by atoms with Crippen molar-refractivity contribution in [3.05, 3.63) is 232 Å². The van der Waals surface area contributed by atoms with E-state index in [1.165, 1.54) is 0 Å². The van der Waals surface area contributed by atoms with E-state index in [0.29, 0.717) is 19.8 Å². The van der Waals surface area contributed by atoms with Crippen LogP contribution in [0.4, 0.5) is 0 Å². The number of rotatable bonds is 24. The van der Waals surface area contributed by atoms with E-state index >= 15 is 0 Å². The van der Waals surface area contributed by atoms with Gasteiger partial charge in [0.2, 0.25) is 0 Å². The molecule has 2 aliphatic heterocycles. The number of aliphatic hydroxyl groups excluding tert-OH is 1. The van der Waals surface area contributed by atoms with Crippen molar-refractivity contribution in [2.45, 2.75) is 138 Å². The van der Waals surface area contributed by atoms with Crippen molar-refractivity contribution < 1.29 is 43.0 Å². The van der Waals surface area contributed by atoms with Gasteiger partial charge in [0.05, 0.1) is 113 Å². The number of nitrogens with zero attached hydrogens (tertiary/aromatic N) is 15. The van der Waals surface area contributed by atoms with Crippen LogP contribution in [0.25, 0.3) is 52.2 Å². The van der Waals surface area contributed by atoms with Gasteiger partial charge < -0.3 is 43.0 Å². The third-order valence-corrected chi connectivity index (χ3v) is 13.3. The number of benzene rings is 5. The minimum Gasteiger partial charge on any atom is -0.390 e. The van der Waals surface area contributed by atoms with Crippen LogP contribution in [0.2, 0.25) is 0 Å².